The van der Waals surface area contributed by atoms with E-state index >= 15 is 0 Å². The molecule has 7 heteroatoms. The normalized spacial score (nSPS) is 14.6. The molecule has 0 amide bonds. The largest absolute Gasteiger partial charge is 0.486 e. The molecule has 30 heavy (non-hydrogen) atoms. The van der Waals surface area contributed by atoms with E-state index in [4.69, 9.17) is 21.1 Å². The van der Waals surface area contributed by atoms with Crippen LogP contribution in [0.3, 0.4) is 0 Å². The zero-order valence-corrected chi connectivity index (χ0v) is 19.4. The first-order chi connectivity index (χ1) is 14.5. The lowest BCUT2D eigenvalue weighted by Gasteiger charge is -2.12. The summed E-state index contributed by atoms with van der Waals surface area (Å²) in [7, 11) is 0. The number of benzene rings is 3. The molecule has 150 valence electrons. The molecule has 1 aliphatic rings. The zero-order chi connectivity index (χ0) is 21.1. The Bertz CT molecular complexity index is 1150. The summed E-state index contributed by atoms with van der Waals surface area (Å²) in [6, 6.07) is 20.5. The molecule has 0 aliphatic carbocycles. The van der Waals surface area contributed by atoms with Crippen LogP contribution < -0.4 is 4.74 Å². The third-order valence-corrected chi connectivity index (χ3v) is 5.84. The molecule has 0 radical (unpaired) electrons. The van der Waals surface area contributed by atoms with Gasteiger partial charge >= 0.3 is 5.97 Å². The molecule has 0 unspecified atom stereocenters. The fourth-order valence-electron chi connectivity index (χ4n) is 2.84. The number of rotatable bonds is 5. The molecule has 0 saturated carbocycles. The Balaban J connectivity index is 1.56. The minimum absolute atomic E-state index is 0.234. The monoisotopic (exact) mass is 545 g/mol. The maximum absolute atomic E-state index is 12.2. The average Bonchev–Trinajstić information content (AvgIpc) is 3.09. The maximum atomic E-state index is 12.2. The molecule has 3 aromatic rings. The van der Waals surface area contributed by atoms with Crippen molar-refractivity contribution in [2.24, 2.45) is 4.99 Å². The van der Waals surface area contributed by atoms with Crippen molar-refractivity contribution >= 4 is 61.4 Å². The van der Waals surface area contributed by atoms with Crippen LogP contribution in [-0.4, -0.2) is 11.9 Å². The Morgan fingerprint density at radius 3 is 2.37 bits per heavy atom. The lowest BCUT2D eigenvalue weighted by atomic mass is 10.2. The highest BCUT2D eigenvalue weighted by Gasteiger charge is 2.24. The summed E-state index contributed by atoms with van der Waals surface area (Å²) in [5, 5.41) is 0.651. The van der Waals surface area contributed by atoms with E-state index in [0.29, 0.717) is 23.3 Å². The molecule has 0 aromatic heterocycles. The van der Waals surface area contributed by atoms with Gasteiger partial charge in [-0.05, 0) is 73.8 Å². The smallest absolute Gasteiger partial charge is 0.363 e. The van der Waals surface area contributed by atoms with Gasteiger partial charge in [0.25, 0.3) is 0 Å². The molecule has 1 heterocycles. The van der Waals surface area contributed by atoms with Crippen molar-refractivity contribution in [1.29, 1.82) is 0 Å². The second kappa shape index (κ2) is 9.16. The first kappa shape index (κ1) is 20.8. The van der Waals surface area contributed by atoms with Gasteiger partial charge in [0, 0.05) is 16.1 Å². The number of nitrogens with zero attached hydrogens (tertiary/aromatic N) is 1. The van der Waals surface area contributed by atoms with E-state index in [1.165, 1.54) is 0 Å². The van der Waals surface area contributed by atoms with Crippen molar-refractivity contribution in [1.82, 2.24) is 0 Å². The SMILES string of the molecule is O=C1OC(c2ccccc2)=N/C1=C\c1cc(Br)c(OCc2ccccc2Cl)c(Br)c1. The van der Waals surface area contributed by atoms with Gasteiger partial charge in [0.15, 0.2) is 5.70 Å². The number of carbonyl (C=O) groups excluding carboxylic acids is 1. The highest BCUT2D eigenvalue weighted by Crippen LogP contribution is 2.36. The molecular weight excluding hydrogens is 534 g/mol. The van der Waals surface area contributed by atoms with Crippen molar-refractivity contribution in [3.63, 3.8) is 0 Å². The van der Waals surface area contributed by atoms with Crippen molar-refractivity contribution in [3.05, 3.63) is 103 Å². The van der Waals surface area contributed by atoms with Gasteiger partial charge in [-0.1, -0.05) is 48.0 Å². The minimum atomic E-state index is -0.486. The molecule has 0 fully saturated rings. The van der Waals surface area contributed by atoms with E-state index in [9.17, 15) is 4.79 Å². The molecule has 4 nitrogen and oxygen atoms in total. The van der Waals surface area contributed by atoms with Crippen molar-refractivity contribution in [2.45, 2.75) is 6.61 Å². The topological polar surface area (TPSA) is 47.9 Å². The third kappa shape index (κ3) is 4.67. The molecule has 0 bridgehead atoms. The highest BCUT2D eigenvalue weighted by molar-refractivity contribution is 9.11. The fourth-order valence-corrected chi connectivity index (χ4v) is 4.48. The first-order valence-corrected chi connectivity index (χ1v) is 10.9. The van der Waals surface area contributed by atoms with Gasteiger partial charge in [-0.2, -0.15) is 0 Å². The molecule has 4 rings (SSSR count). The first-order valence-electron chi connectivity index (χ1n) is 8.94. The summed E-state index contributed by atoms with van der Waals surface area (Å²) in [6.07, 6.45) is 1.67. The van der Waals surface area contributed by atoms with E-state index in [-0.39, 0.29) is 5.70 Å². The third-order valence-electron chi connectivity index (χ3n) is 4.30. The predicted octanol–water partition coefficient (Wildman–Crippen LogP) is 6.79. The Morgan fingerprint density at radius 1 is 1.00 bits per heavy atom. The van der Waals surface area contributed by atoms with Crippen LogP contribution in [0, 0.1) is 0 Å². The number of cyclic esters (lactones) is 1. The quantitative estimate of drug-likeness (QED) is 0.261. The summed E-state index contributed by atoms with van der Waals surface area (Å²) in [5.41, 5.74) is 2.64. The van der Waals surface area contributed by atoms with E-state index in [2.05, 4.69) is 36.9 Å². The second-order valence-electron chi connectivity index (χ2n) is 6.40. The molecule has 0 spiro atoms. The standard InChI is InChI=1S/C23H14Br2ClNO3/c24-17-10-14(11-18(25)21(17)29-13-16-8-4-5-9-19(16)26)12-20-23(28)30-22(27-20)15-6-2-1-3-7-15/h1-12H,13H2/b20-12-. The van der Waals surface area contributed by atoms with Crippen LogP contribution in [0.2, 0.25) is 5.02 Å². The van der Waals surface area contributed by atoms with Crippen molar-refractivity contribution < 1.29 is 14.3 Å². The minimum Gasteiger partial charge on any atom is -0.486 e. The molecule has 0 N–H and O–H groups in total. The van der Waals surface area contributed by atoms with Crippen LogP contribution in [0.4, 0.5) is 0 Å². The fraction of sp³-hybridized carbons (Fsp3) is 0.0435. The van der Waals surface area contributed by atoms with Crippen LogP contribution in [0.1, 0.15) is 16.7 Å². The number of aliphatic imine (C=N–C) groups is 1. The van der Waals surface area contributed by atoms with Crippen LogP contribution in [0.15, 0.2) is 86.4 Å². The molecular formula is C23H14Br2ClNO3. The Kier molecular flexibility index (Phi) is 6.37. The number of ether oxygens (including phenoxy) is 2. The maximum Gasteiger partial charge on any atom is 0.363 e. The van der Waals surface area contributed by atoms with Gasteiger partial charge in [-0.25, -0.2) is 9.79 Å². The summed E-state index contributed by atoms with van der Waals surface area (Å²) in [4.78, 5) is 16.6. The van der Waals surface area contributed by atoms with Gasteiger partial charge in [-0.3, -0.25) is 0 Å². The molecule has 3 aromatic carbocycles. The van der Waals surface area contributed by atoms with Crippen LogP contribution in [0.5, 0.6) is 5.75 Å². The Labute approximate surface area is 195 Å². The molecule has 1 aliphatic heterocycles. The van der Waals surface area contributed by atoms with E-state index in [1.807, 2.05) is 66.7 Å². The van der Waals surface area contributed by atoms with Gasteiger partial charge in [0.2, 0.25) is 5.90 Å². The summed E-state index contributed by atoms with van der Waals surface area (Å²) >= 11 is 13.3. The zero-order valence-electron chi connectivity index (χ0n) is 15.4. The predicted molar refractivity (Wildman–Crippen MR) is 125 cm³/mol. The molecule has 0 saturated heterocycles. The van der Waals surface area contributed by atoms with Crippen LogP contribution in [0.25, 0.3) is 6.08 Å². The van der Waals surface area contributed by atoms with Gasteiger partial charge in [-0.15, -0.1) is 0 Å². The van der Waals surface area contributed by atoms with E-state index in [0.717, 1.165) is 25.6 Å². The van der Waals surface area contributed by atoms with Crippen LogP contribution >= 0.6 is 43.5 Å². The number of hydrogen-bond donors (Lipinski definition) is 0. The second-order valence-corrected chi connectivity index (χ2v) is 8.51. The van der Waals surface area contributed by atoms with Gasteiger partial charge < -0.3 is 9.47 Å². The van der Waals surface area contributed by atoms with Gasteiger partial charge in [0.05, 0.1) is 8.95 Å². The Morgan fingerprint density at radius 2 is 1.67 bits per heavy atom. The summed E-state index contributed by atoms with van der Waals surface area (Å²) in [6.45, 7) is 0.328. The van der Waals surface area contributed by atoms with Gasteiger partial charge in [0.1, 0.15) is 12.4 Å². The number of esters is 1. The van der Waals surface area contributed by atoms with E-state index in [1.54, 1.807) is 6.08 Å². The van der Waals surface area contributed by atoms with E-state index < -0.39 is 5.97 Å². The Hall–Kier alpha value is -2.41. The summed E-state index contributed by atoms with van der Waals surface area (Å²) < 4.78 is 12.7. The average molecular weight is 548 g/mol. The number of halogens is 3. The number of hydrogen-bond acceptors (Lipinski definition) is 4. The number of carbonyl (C=O) groups is 1. The summed E-state index contributed by atoms with van der Waals surface area (Å²) in [5.74, 6) is 0.448. The lowest BCUT2D eigenvalue weighted by molar-refractivity contribution is -0.129. The molecule has 0 atom stereocenters. The van der Waals surface area contributed by atoms with Crippen LogP contribution in [-0.2, 0) is 16.1 Å². The highest BCUT2D eigenvalue weighted by atomic mass is 79.9. The van der Waals surface area contributed by atoms with Crippen molar-refractivity contribution in [2.75, 3.05) is 0 Å². The lowest BCUT2D eigenvalue weighted by Crippen LogP contribution is -2.04. The van der Waals surface area contributed by atoms with Crippen molar-refractivity contribution in [3.8, 4) is 5.75 Å².